The van der Waals surface area contributed by atoms with Crippen molar-refractivity contribution in [1.29, 1.82) is 0 Å². The molecule has 0 radical (unpaired) electrons. The summed E-state index contributed by atoms with van der Waals surface area (Å²) in [6.45, 7) is 4.25. The molecule has 0 bridgehead atoms. The van der Waals surface area contributed by atoms with E-state index in [2.05, 4.69) is 51.7 Å². The first-order chi connectivity index (χ1) is 8.08. The largest absolute Gasteiger partial charge is 0.357 e. The Morgan fingerprint density at radius 1 is 1.29 bits per heavy atom. The Balaban J connectivity index is 2.24. The van der Waals surface area contributed by atoms with Gasteiger partial charge in [0.1, 0.15) is 16.2 Å². The maximum atomic E-state index is 4.66. The van der Waals surface area contributed by atoms with Crippen LogP contribution in [0, 0.1) is 0 Å². The van der Waals surface area contributed by atoms with Crippen molar-refractivity contribution < 1.29 is 0 Å². The summed E-state index contributed by atoms with van der Waals surface area (Å²) in [5, 5.41) is 0. The third-order valence-corrected chi connectivity index (χ3v) is 3.86. The number of hydrogen-bond acceptors (Lipinski definition) is 3. The van der Waals surface area contributed by atoms with Crippen LogP contribution in [0.1, 0.15) is 51.3 Å². The van der Waals surface area contributed by atoms with E-state index in [9.17, 15) is 0 Å². The van der Waals surface area contributed by atoms with Gasteiger partial charge in [-0.1, -0.05) is 26.7 Å². The van der Waals surface area contributed by atoms with E-state index in [-0.39, 0.29) is 0 Å². The summed E-state index contributed by atoms with van der Waals surface area (Å²) in [5.41, 5.74) is 0. The molecule has 0 unspecified atom stereocenters. The molecule has 1 aromatic heterocycles. The summed E-state index contributed by atoms with van der Waals surface area (Å²) in [5.74, 6) is 2.32. The van der Waals surface area contributed by atoms with Gasteiger partial charge in [0.2, 0.25) is 0 Å². The van der Waals surface area contributed by atoms with E-state index >= 15 is 0 Å². The molecule has 1 saturated carbocycles. The summed E-state index contributed by atoms with van der Waals surface area (Å²) in [7, 11) is 2.15. The Kier molecular flexibility index (Phi) is 4.02. The molecule has 0 N–H and O–H groups in total. The average molecular weight is 298 g/mol. The van der Waals surface area contributed by atoms with Gasteiger partial charge in [0.05, 0.1) is 0 Å². The molecule has 0 amide bonds. The SMILES string of the molecule is CC(C)c1nc(Br)cc(N(C)C2CCCC2)n1. The highest BCUT2D eigenvalue weighted by molar-refractivity contribution is 9.10. The highest BCUT2D eigenvalue weighted by Crippen LogP contribution is 2.27. The van der Waals surface area contributed by atoms with Gasteiger partial charge in [-0.25, -0.2) is 9.97 Å². The van der Waals surface area contributed by atoms with E-state index in [1.807, 2.05) is 6.07 Å². The second-order valence-corrected chi connectivity index (χ2v) is 5.92. The molecule has 1 fully saturated rings. The number of nitrogens with zero attached hydrogens (tertiary/aromatic N) is 3. The van der Waals surface area contributed by atoms with Gasteiger partial charge in [0.15, 0.2) is 0 Å². The Bertz CT molecular complexity index is 386. The highest BCUT2D eigenvalue weighted by Gasteiger charge is 2.21. The topological polar surface area (TPSA) is 29.0 Å². The Morgan fingerprint density at radius 2 is 1.94 bits per heavy atom. The maximum Gasteiger partial charge on any atom is 0.134 e. The first-order valence-corrected chi connectivity index (χ1v) is 7.14. The molecule has 0 spiro atoms. The Hall–Kier alpha value is -0.640. The molecular weight excluding hydrogens is 278 g/mol. The zero-order valence-corrected chi connectivity index (χ0v) is 12.4. The van der Waals surface area contributed by atoms with Crippen LogP contribution in [0.3, 0.4) is 0 Å². The molecule has 1 aromatic rings. The van der Waals surface area contributed by atoms with Gasteiger partial charge in [0.25, 0.3) is 0 Å². The van der Waals surface area contributed by atoms with E-state index in [1.54, 1.807) is 0 Å². The van der Waals surface area contributed by atoms with Crippen LogP contribution in [-0.4, -0.2) is 23.1 Å². The standard InChI is InChI=1S/C13H20BrN3/c1-9(2)13-15-11(14)8-12(16-13)17(3)10-6-4-5-7-10/h8-10H,4-7H2,1-3H3. The van der Waals surface area contributed by atoms with E-state index < -0.39 is 0 Å². The number of anilines is 1. The second-order valence-electron chi connectivity index (χ2n) is 5.11. The molecule has 3 nitrogen and oxygen atoms in total. The summed E-state index contributed by atoms with van der Waals surface area (Å²) < 4.78 is 0.885. The maximum absolute atomic E-state index is 4.66. The molecule has 0 aliphatic heterocycles. The van der Waals surface area contributed by atoms with Crippen LogP contribution in [0.2, 0.25) is 0 Å². The lowest BCUT2D eigenvalue weighted by atomic mass is 10.2. The third kappa shape index (κ3) is 2.97. The molecule has 0 saturated heterocycles. The molecule has 4 heteroatoms. The van der Waals surface area contributed by atoms with Crippen LogP contribution < -0.4 is 4.90 Å². The van der Waals surface area contributed by atoms with Gasteiger partial charge < -0.3 is 4.90 Å². The predicted octanol–water partition coefficient (Wildman–Crippen LogP) is 3.74. The molecule has 0 atom stereocenters. The van der Waals surface area contributed by atoms with Crippen molar-refractivity contribution in [1.82, 2.24) is 9.97 Å². The van der Waals surface area contributed by atoms with Gasteiger partial charge >= 0.3 is 0 Å². The number of rotatable bonds is 3. The monoisotopic (exact) mass is 297 g/mol. The molecule has 94 valence electrons. The zero-order valence-electron chi connectivity index (χ0n) is 10.8. The summed E-state index contributed by atoms with van der Waals surface area (Å²) >= 11 is 3.48. The summed E-state index contributed by atoms with van der Waals surface area (Å²) in [6, 6.07) is 2.67. The van der Waals surface area contributed by atoms with E-state index in [0.29, 0.717) is 12.0 Å². The van der Waals surface area contributed by atoms with Crippen LogP contribution in [0.5, 0.6) is 0 Å². The quantitative estimate of drug-likeness (QED) is 0.796. The molecular formula is C13H20BrN3. The van der Waals surface area contributed by atoms with Crippen molar-refractivity contribution >= 4 is 21.7 Å². The van der Waals surface area contributed by atoms with Crippen LogP contribution >= 0.6 is 15.9 Å². The van der Waals surface area contributed by atoms with Gasteiger partial charge in [-0.05, 0) is 28.8 Å². The van der Waals surface area contributed by atoms with Crippen molar-refractivity contribution in [3.63, 3.8) is 0 Å². The van der Waals surface area contributed by atoms with E-state index in [0.717, 1.165) is 16.2 Å². The average Bonchev–Trinajstić information content (AvgIpc) is 2.80. The van der Waals surface area contributed by atoms with E-state index in [4.69, 9.17) is 0 Å². The molecule has 1 aliphatic rings. The van der Waals surface area contributed by atoms with Gasteiger partial charge in [-0.15, -0.1) is 0 Å². The molecule has 1 heterocycles. The van der Waals surface area contributed by atoms with Crippen molar-refractivity contribution in [2.75, 3.05) is 11.9 Å². The normalized spacial score (nSPS) is 16.8. The van der Waals surface area contributed by atoms with Crippen LogP contribution in [0.4, 0.5) is 5.82 Å². The minimum absolute atomic E-state index is 0.364. The lowest BCUT2D eigenvalue weighted by molar-refractivity contribution is 0.639. The molecule has 0 aromatic carbocycles. The van der Waals surface area contributed by atoms with Crippen molar-refractivity contribution in [2.45, 2.75) is 51.5 Å². The lowest BCUT2D eigenvalue weighted by Crippen LogP contribution is -2.30. The fourth-order valence-electron chi connectivity index (χ4n) is 2.34. The number of halogens is 1. The molecule has 17 heavy (non-hydrogen) atoms. The molecule has 2 rings (SSSR count). The second kappa shape index (κ2) is 5.34. The molecule has 1 aliphatic carbocycles. The fourth-order valence-corrected chi connectivity index (χ4v) is 2.73. The first-order valence-electron chi connectivity index (χ1n) is 6.35. The van der Waals surface area contributed by atoms with Gasteiger partial charge in [-0.2, -0.15) is 0 Å². The smallest absolute Gasteiger partial charge is 0.134 e. The number of aromatic nitrogens is 2. The van der Waals surface area contributed by atoms with Crippen molar-refractivity contribution in [2.24, 2.45) is 0 Å². The van der Waals surface area contributed by atoms with Gasteiger partial charge in [-0.3, -0.25) is 0 Å². The lowest BCUT2D eigenvalue weighted by Gasteiger charge is -2.26. The van der Waals surface area contributed by atoms with Gasteiger partial charge in [0, 0.05) is 25.1 Å². The minimum atomic E-state index is 0.364. The van der Waals surface area contributed by atoms with Crippen LogP contribution in [0.15, 0.2) is 10.7 Å². The fraction of sp³-hybridized carbons (Fsp3) is 0.692. The third-order valence-electron chi connectivity index (χ3n) is 3.45. The predicted molar refractivity (Wildman–Crippen MR) is 74.5 cm³/mol. The summed E-state index contributed by atoms with van der Waals surface area (Å²) in [4.78, 5) is 11.4. The van der Waals surface area contributed by atoms with Crippen molar-refractivity contribution in [3.8, 4) is 0 Å². The zero-order chi connectivity index (χ0) is 12.4. The van der Waals surface area contributed by atoms with E-state index in [1.165, 1.54) is 25.7 Å². The van der Waals surface area contributed by atoms with Crippen LogP contribution in [-0.2, 0) is 0 Å². The van der Waals surface area contributed by atoms with Crippen molar-refractivity contribution in [3.05, 3.63) is 16.5 Å². The Labute approximate surface area is 112 Å². The number of hydrogen-bond donors (Lipinski definition) is 0. The summed E-state index contributed by atoms with van der Waals surface area (Å²) in [6.07, 6.45) is 5.26. The Morgan fingerprint density at radius 3 is 2.53 bits per heavy atom. The first kappa shape index (κ1) is 12.8. The van der Waals surface area contributed by atoms with Crippen LogP contribution in [0.25, 0.3) is 0 Å². The highest BCUT2D eigenvalue weighted by atomic mass is 79.9. The minimum Gasteiger partial charge on any atom is -0.357 e.